The summed E-state index contributed by atoms with van der Waals surface area (Å²) in [7, 11) is 0. The van der Waals surface area contributed by atoms with E-state index in [-0.39, 0.29) is 11.6 Å². The summed E-state index contributed by atoms with van der Waals surface area (Å²) in [6, 6.07) is 0.277. The Kier molecular flexibility index (Phi) is 4.15. The van der Waals surface area contributed by atoms with E-state index in [1.165, 1.54) is 6.42 Å². The highest BCUT2D eigenvalue weighted by Crippen LogP contribution is 2.32. The molecule has 2 unspecified atom stereocenters. The van der Waals surface area contributed by atoms with Gasteiger partial charge in [-0.25, -0.2) is 0 Å². The molecule has 0 aromatic rings. The van der Waals surface area contributed by atoms with E-state index in [0.717, 1.165) is 25.9 Å². The first-order valence-electron chi connectivity index (χ1n) is 5.97. The normalized spacial score (nSPS) is 29.4. The Morgan fingerprint density at radius 2 is 2.13 bits per heavy atom. The summed E-state index contributed by atoms with van der Waals surface area (Å²) in [5.74, 6) is 5.64. The molecule has 2 atom stereocenters. The summed E-state index contributed by atoms with van der Waals surface area (Å²) in [5, 5.41) is 0. The van der Waals surface area contributed by atoms with Crippen LogP contribution in [0.4, 0.5) is 0 Å². The lowest BCUT2D eigenvalue weighted by Crippen LogP contribution is -2.51. The zero-order valence-electron chi connectivity index (χ0n) is 10.6. The first-order chi connectivity index (χ1) is 6.87. The molecule has 3 heteroatoms. The van der Waals surface area contributed by atoms with Gasteiger partial charge >= 0.3 is 0 Å². The number of hydrogen-bond donors (Lipinski definition) is 2. The topological polar surface area (TPSA) is 47.3 Å². The molecule has 0 radical (unpaired) electrons. The van der Waals surface area contributed by atoms with Crippen molar-refractivity contribution in [2.24, 2.45) is 11.3 Å². The summed E-state index contributed by atoms with van der Waals surface area (Å²) in [5.41, 5.74) is 3.24. The molecule has 1 aliphatic rings. The van der Waals surface area contributed by atoms with Crippen molar-refractivity contribution < 1.29 is 4.74 Å². The van der Waals surface area contributed by atoms with Crippen molar-refractivity contribution in [3.63, 3.8) is 0 Å². The van der Waals surface area contributed by atoms with Gasteiger partial charge in [0.25, 0.3) is 0 Å². The fraction of sp³-hybridized carbons (Fsp3) is 1.00. The van der Waals surface area contributed by atoms with Crippen LogP contribution in [0, 0.1) is 5.41 Å². The predicted molar refractivity (Wildman–Crippen MR) is 63.4 cm³/mol. The Morgan fingerprint density at radius 3 is 2.53 bits per heavy atom. The van der Waals surface area contributed by atoms with Gasteiger partial charge in [0, 0.05) is 12.6 Å². The summed E-state index contributed by atoms with van der Waals surface area (Å²) >= 11 is 0. The molecule has 0 bridgehead atoms. The monoisotopic (exact) mass is 214 g/mol. The Morgan fingerprint density at radius 1 is 1.47 bits per heavy atom. The molecule has 0 spiro atoms. The lowest BCUT2D eigenvalue weighted by Gasteiger charge is -2.34. The Balaban J connectivity index is 2.48. The molecule has 1 fully saturated rings. The maximum Gasteiger partial charge on any atom is 0.0821 e. The Labute approximate surface area is 93.7 Å². The standard InChI is InChI=1S/C12H26N2O/c1-11(2,3)8-6-10(14-13)12(4)7-5-9-15-12/h10,14H,5-9,13H2,1-4H3. The molecule has 1 aliphatic heterocycles. The summed E-state index contributed by atoms with van der Waals surface area (Å²) in [6.07, 6.45) is 4.52. The molecule has 0 aliphatic carbocycles. The van der Waals surface area contributed by atoms with Crippen LogP contribution in [-0.2, 0) is 4.74 Å². The second kappa shape index (κ2) is 4.81. The molecule has 0 saturated carbocycles. The zero-order chi connectivity index (χ0) is 11.5. The van der Waals surface area contributed by atoms with Crippen molar-refractivity contribution in [1.29, 1.82) is 0 Å². The van der Waals surface area contributed by atoms with E-state index in [2.05, 4.69) is 33.1 Å². The van der Waals surface area contributed by atoms with Gasteiger partial charge in [-0.1, -0.05) is 20.8 Å². The van der Waals surface area contributed by atoms with Crippen LogP contribution in [0.15, 0.2) is 0 Å². The van der Waals surface area contributed by atoms with Crippen LogP contribution in [0.3, 0.4) is 0 Å². The van der Waals surface area contributed by atoms with E-state index < -0.39 is 0 Å². The molecule has 1 rings (SSSR count). The minimum absolute atomic E-state index is 0.0556. The number of nitrogens with two attached hydrogens (primary N) is 1. The van der Waals surface area contributed by atoms with E-state index in [4.69, 9.17) is 10.6 Å². The number of hydrazine groups is 1. The second-order valence-corrected chi connectivity index (χ2v) is 6.08. The average molecular weight is 214 g/mol. The fourth-order valence-corrected chi connectivity index (χ4v) is 2.22. The average Bonchev–Trinajstić information content (AvgIpc) is 2.52. The number of ether oxygens (including phenoxy) is 1. The highest BCUT2D eigenvalue weighted by Gasteiger charge is 2.37. The van der Waals surface area contributed by atoms with Gasteiger partial charge < -0.3 is 4.74 Å². The van der Waals surface area contributed by atoms with Gasteiger partial charge in [0.15, 0.2) is 0 Å². The van der Waals surface area contributed by atoms with Crippen LogP contribution in [0.1, 0.15) is 53.4 Å². The van der Waals surface area contributed by atoms with Crippen molar-refractivity contribution in [2.75, 3.05) is 6.61 Å². The molecule has 1 heterocycles. The minimum Gasteiger partial charge on any atom is -0.374 e. The van der Waals surface area contributed by atoms with Crippen molar-refractivity contribution >= 4 is 0 Å². The highest BCUT2D eigenvalue weighted by molar-refractivity contribution is 4.92. The second-order valence-electron chi connectivity index (χ2n) is 6.08. The number of hydrogen-bond acceptors (Lipinski definition) is 3. The highest BCUT2D eigenvalue weighted by atomic mass is 16.5. The Hall–Kier alpha value is -0.120. The van der Waals surface area contributed by atoms with Gasteiger partial charge in [-0.2, -0.15) is 0 Å². The maximum atomic E-state index is 5.82. The van der Waals surface area contributed by atoms with Crippen molar-refractivity contribution in [1.82, 2.24) is 5.43 Å². The molecule has 90 valence electrons. The third-order valence-corrected chi connectivity index (χ3v) is 3.37. The van der Waals surface area contributed by atoms with Gasteiger partial charge in [-0.3, -0.25) is 11.3 Å². The molecule has 15 heavy (non-hydrogen) atoms. The maximum absolute atomic E-state index is 5.82. The van der Waals surface area contributed by atoms with E-state index >= 15 is 0 Å². The molecular weight excluding hydrogens is 188 g/mol. The quantitative estimate of drug-likeness (QED) is 0.557. The first-order valence-corrected chi connectivity index (χ1v) is 5.97. The SMILES string of the molecule is CC(C)(C)CCC(NN)C1(C)CCCO1. The van der Waals surface area contributed by atoms with Crippen molar-refractivity contribution in [3.05, 3.63) is 0 Å². The number of nitrogens with one attached hydrogen (secondary N) is 1. The largest absolute Gasteiger partial charge is 0.374 e. The van der Waals surface area contributed by atoms with E-state index in [9.17, 15) is 0 Å². The third kappa shape index (κ3) is 3.74. The van der Waals surface area contributed by atoms with E-state index in [0.29, 0.717) is 5.41 Å². The van der Waals surface area contributed by atoms with Crippen LogP contribution >= 0.6 is 0 Å². The number of rotatable bonds is 4. The van der Waals surface area contributed by atoms with Gasteiger partial charge in [-0.15, -0.1) is 0 Å². The molecule has 3 N–H and O–H groups in total. The van der Waals surface area contributed by atoms with E-state index in [1.54, 1.807) is 0 Å². The van der Waals surface area contributed by atoms with Crippen molar-refractivity contribution in [2.45, 2.75) is 65.0 Å². The van der Waals surface area contributed by atoms with Crippen LogP contribution in [-0.4, -0.2) is 18.2 Å². The summed E-state index contributed by atoms with van der Waals surface area (Å²) in [4.78, 5) is 0. The van der Waals surface area contributed by atoms with Crippen LogP contribution < -0.4 is 11.3 Å². The molecular formula is C12H26N2O. The van der Waals surface area contributed by atoms with Gasteiger partial charge in [-0.05, 0) is 38.0 Å². The third-order valence-electron chi connectivity index (χ3n) is 3.37. The summed E-state index contributed by atoms with van der Waals surface area (Å²) in [6.45, 7) is 9.84. The van der Waals surface area contributed by atoms with E-state index in [1.807, 2.05) is 0 Å². The minimum atomic E-state index is -0.0556. The summed E-state index contributed by atoms with van der Waals surface area (Å²) < 4.78 is 5.82. The van der Waals surface area contributed by atoms with Crippen molar-refractivity contribution in [3.8, 4) is 0 Å². The van der Waals surface area contributed by atoms with Gasteiger partial charge in [0.05, 0.1) is 5.60 Å². The van der Waals surface area contributed by atoms with Crippen LogP contribution in [0.2, 0.25) is 0 Å². The van der Waals surface area contributed by atoms with Gasteiger partial charge in [0.2, 0.25) is 0 Å². The smallest absolute Gasteiger partial charge is 0.0821 e. The lowest BCUT2D eigenvalue weighted by molar-refractivity contribution is -0.0163. The van der Waals surface area contributed by atoms with Crippen LogP contribution in [0.5, 0.6) is 0 Å². The molecule has 1 saturated heterocycles. The van der Waals surface area contributed by atoms with Crippen LogP contribution in [0.25, 0.3) is 0 Å². The molecule has 3 nitrogen and oxygen atoms in total. The lowest BCUT2D eigenvalue weighted by atomic mass is 9.83. The molecule has 0 aromatic carbocycles. The fourth-order valence-electron chi connectivity index (χ4n) is 2.22. The molecule has 0 aromatic heterocycles. The first kappa shape index (κ1) is 12.9. The zero-order valence-corrected chi connectivity index (χ0v) is 10.6. The van der Waals surface area contributed by atoms with Gasteiger partial charge in [0.1, 0.15) is 0 Å². The Bertz CT molecular complexity index is 192. The predicted octanol–water partition coefficient (Wildman–Crippen LogP) is 2.21. The molecule has 0 amide bonds.